The SMILES string of the molecule is CN(CC1CC(O)C1)c1nccn1C. The molecule has 0 aliphatic heterocycles. The summed E-state index contributed by atoms with van der Waals surface area (Å²) >= 11 is 0. The molecule has 0 aromatic carbocycles. The highest BCUT2D eigenvalue weighted by Crippen LogP contribution is 2.28. The first-order valence-electron chi connectivity index (χ1n) is 5.03. The van der Waals surface area contributed by atoms with Gasteiger partial charge in [-0.25, -0.2) is 4.98 Å². The van der Waals surface area contributed by atoms with Crippen molar-refractivity contribution in [2.24, 2.45) is 13.0 Å². The number of rotatable bonds is 3. The second-order valence-electron chi connectivity index (χ2n) is 4.21. The molecule has 0 unspecified atom stereocenters. The Morgan fingerprint density at radius 2 is 2.36 bits per heavy atom. The third-order valence-electron chi connectivity index (χ3n) is 2.88. The Morgan fingerprint density at radius 1 is 1.64 bits per heavy atom. The van der Waals surface area contributed by atoms with Crippen molar-refractivity contribution in [3.8, 4) is 0 Å². The highest BCUT2D eigenvalue weighted by Gasteiger charge is 2.28. The van der Waals surface area contributed by atoms with Gasteiger partial charge in [0, 0.05) is 33.0 Å². The van der Waals surface area contributed by atoms with Crippen molar-refractivity contribution in [1.82, 2.24) is 9.55 Å². The molecule has 0 bridgehead atoms. The molecule has 1 aromatic heterocycles. The number of anilines is 1. The lowest BCUT2D eigenvalue weighted by Gasteiger charge is -2.34. The number of hydrogen-bond acceptors (Lipinski definition) is 3. The zero-order valence-electron chi connectivity index (χ0n) is 8.72. The average molecular weight is 195 g/mol. The molecule has 0 radical (unpaired) electrons. The Labute approximate surface area is 84.2 Å². The largest absolute Gasteiger partial charge is 0.393 e. The van der Waals surface area contributed by atoms with E-state index in [2.05, 4.69) is 9.88 Å². The fourth-order valence-electron chi connectivity index (χ4n) is 2.04. The van der Waals surface area contributed by atoms with Crippen LogP contribution < -0.4 is 4.90 Å². The van der Waals surface area contributed by atoms with Crippen molar-refractivity contribution in [3.63, 3.8) is 0 Å². The van der Waals surface area contributed by atoms with Crippen LogP contribution in [0.3, 0.4) is 0 Å². The number of nitrogens with zero attached hydrogens (tertiary/aromatic N) is 3. The summed E-state index contributed by atoms with van der Waals surface area (Å²) in [5, 5.41) is 9.18. The molecule has 0 spiro atoms. The molecule has 1 N–H and O–H groups in total. The van der Waals surface area contributed by atoms with Crippen molar-refractivity contribution < 1.29 is 5.11 Å². The monoisotopic (exact) mass is 195 g/mol. The molecular weight excluding hydrogens is 178 g/mol. The molecule has 1 saturated carbocycles. The summed E-state index contributed by atoms with van der Waals surface area (Å²) in [7, 11) is 4.04. The molecule has 4 nitrogen and oxygen atoms in total. The number of aromatic nitrogens is 2. The predicted octanol–water partition coefficient (Wildman–Crippen LogP) is 0.627. The molecule has 78 valence electrons. The van der Waals surface area contributed by atoms with Crippen LogP contribution in [0.2, 0.25) is 0 Å². The Morgan fingerprint density at radius 3 is 2.86 bits per heavy atom. The van der Waals surface area contributed by atoms with Crippen molar-refractivity contribution >= 4 is 5.95 Å². The lowest BCUT2D eigenvalue weighted by atomic mass is 9.82. The lowest BCUT2D eigenvalue weighted by molar-refractivity contribution is 0.0463. The molecule has 14 heavy (non-hydrogen) atoms. The van der Waals surface area contributed by atoms with Gasteiger partial charge in [-0.15, -0.1) is 0 Å². The van der Waals surface area contributed by atoms with E-state index in [1.54, 1.807) is 6.20 Å². The Kier molecular flexibility index (Phi) is 2.46. The van der Waals surface area contributed by atoms with E-state index in [1.807, 2.05) is 24.9 Å². The molecule has 0 atom stereocenters. The van der Waals surface area contributed by atoms with Gasteiger partial charge in [0.1, 0.15) is 0 Å². The summed E-state index contributed by atoms with van der Waals surface area (Å²) in [4.78, 5) is 6.42. The number of aliphatic hydroxyl groups is 1. The summed E-state index contributed by atoms with van der Waals surface area (Å²) in [6.45, 7) is 0.988. The summed E-state index contributed by atoms with van der Waals surface area (Å²) in [6, 6.07) is 0. The fraction of sp³-hybridized carbons (Fsp3) is 0.700. The van der Waals surface area contributed by atoms with E-state index in [0.717, 1.165) is 25.3 Å². The quantitative estimate of drug-likeness (QED) is 0.769. The number of imidazole rings is 1. The van der Waals surface area contributed by atoms with Gasteiger partial charge in [0.15, 0.2) is 0 Å². The molecule has 4 heteroatoms. The minimum Gasteiger partial charge on any atom is -0.393 e. The first kappa shape index (κ1) is 9.52. The number of hydrogen-bond donors (Lipinski definition) is 1. The lowest BCUT2D eigenvalue weighted by Crippen LogP contribution is -2.37. The maximum absolute atomic E-state index is 9.18. The average Bonchev–Trinajstić information content (AvgIpc) is 2.48. The third kappa shape index (κ3) is 1.75. The standard InChI is InChI=1S/C10H17N3O/c1-12-4-3-11-10(12)13(2)7-8-5-9(14)6-8/h3-4,8-9,14H,5-7H2,1-2H3. The summed E-state index contributed by atoms with van der Waals surface area (Å²) in [5.41, 5.74) is 0. The third-order valence-corrected chi connectivity index (χ3v) is 2.88. The summed E-state index contributed by atoms with van der Waals surface area (Å²) in [6.07, 6.45) is 5.57. The normalized spacial score (nSPS) is 25.9. The van der Waals surface area contributed by atoms with Crippen LogP contribution in [-0.2, 0) is 7.05 Å². The maximum atomic E-state index is 9.18. The van der Waals surface area contributed by atoms with Crippen LogP contribution in [0.1, 0.15) is 12.8 Å². The van der Waals surface area contributed by atoms with Crippen LogP contribution in [0.4, 0.5) is 5.95 Å². The van der Waals surface area contributed by atoms with E-state index in [-0.39, 0.29) is 6.10 Å². The van der Waals surface area contributed by atoms with Gasteiger partial charge in [-0.3, -0.25) is 0 Å². The van der Waals surface area contributed by atoms with Gasteiger partial charge in [0.25, 0.3) is 0 Å². The molecule has 1 aliphatic carbocycles. The van der Waals surface area contributed by atoms with E-state index in [1.165, 1.54) is 0 Å². The Bertz CT molecular complexity index is 304. The Hall–Kier alpha value is -1.03. The second-order valence-corrected chi connectivity index (χ2v) is 4.21. The first-order chi connectivity index (χ1) is 6.66. The molecule has 0 saturated heterocycles. The highest BCUT2D eigenvalue weighted by atomic mass is 16.3. The molecule has 1 heterocycles. The van der Waals surface area contributed by atoms with Gasteiger partial charge in [-0.1, -0.05) is 0 Å². The molecular formula is C10H17N3O. The van der Waals surface area contributed by atoms with Crippen LogP contribution >= 0.6 is 0 Å². The minimum atomic E-state index is -0.0604. The van der Waals surface area contributed by atoms with Gasteiger partial charge >= 0.3 is 0 Å². The van der Waals surface area contributed by atoms with E-state index < -0.39 is 0 Å². The maximum Gasteiger partial charge on any atom is 0.204 e. The summed E-state index contributed by atoms with van der Waals surface area (Å²) in [5.74, 6) is 1.62. The van der Waals surface area contributed by atoms with Gasteiger partial charge in [0.2, 0.25) is 5.95 Å². The predicted molar refractivity (Wildman–Crippen MR) is 55.2 cm³/mol. The van der Waals surface area contributed by atoms with Crippen LogP contribution in [0.5, 0.6) is 0 Å². The van der Waals surface area contributed by atoms with Crippen LogP contribution in [-0.4, -0.2) is 34.4 Å². The van der Waals surface area contributed by atoms with Crippen molar-refractivity contribution in [1.29, 1.82) is 0 Å². The van der Waals surface area contributed by atoms with Gasteiger partial charge in [-0.2, -0.15) is 0 Å². The summed E-state index contributed by atoms with van der Waals surface area (Å²) < 4.78 is 2.01. The first-order valence-corrected chi connectivity index (χ1v) is 5.03. The van der Waals surface area contributed by atoms with Gasteiger partial charge in [0.05, 0.1) is 6.10 Å². The van der Waals surface area contributed by atoms with Gasteiger partial charge in [-0.05, 0) is 18.8 Å². The van der Waals surface area contributed by atoms with Gasteiger partial charge < -0.3 is 14.6 Å². The fourth-order valence-corrected chi connectivity index (χ4v) is 2.04. The number of aryl methyl sites for hydroxylation is 1. The van der Waals surface area contributed by atoms with Crippen LogP contribution in [0, 0.1) is 5.92 Å². The zero-order chi connectivity index (χ0) is 10.1. The van der Waals surface area contributed by atoms with E-state index in [9.17, 15) is 5.11 Å². The molecule has 0 amide bonds. The topological polar surface area (TPSA) is 41.3 Å². The van der Waals surface area contributed by atoms with Crippen molar-refractivity contribution in [2.75, 3.05) is 18.5 Å². The van der Waals surface area contributed by atoms with Crippen molar-refractivity contribution in [3.05, 3.63) is 12.4 Å². The van der Waals surface area contributed by atoms with E-state index >= 15 is 0 Å². The minimum absolute atomic E-state index is 0.0604. The molecule has 1 aliphatic rings. The molecule has 2 rings (SSSR count). The van der Waals surface area contributed by atoms with Crippen LogP contribution in [0.25, 0.3) is 0 Å². The van der Waals surface area contributed by atoms with Crippen molar-refractivity contribution in [2.45, 2.75) is 18.9 Å². The smallest absolute Gasteiger partial charge is 0.204 e. The molecule has 1 aromatic rings. The zero-order valence-corrected chi connectivity index (χ0v) is 8.72. The van der Waals surface area contributed by atoms with E-state index in [4.69, 9.17) is 0 Å². The van der Waals surface area contributed by atoms with E-state index in [0.29, 0.717) is 5.92 Å². The second kappa shape index (κ2) is 3.61. The highest BCUT2D eigenvalue weighted by molar-refractivity contribution is 5.29. The Balaban J connectivity index is 1.90. The molecule has 1 fully saturated rings. The number of aliphatic hydroxyl groups excluding tert-OH is 1. The van der Waals surface area contributed by atoms with Crippen LogP contribution in [0.15, 0.2) is 12.4 Å².